The minimum atomic E-state index is -0.208. The zero-order valence-electron chi connectivity index (χ0n) is 15.0. The lowest BCUT2D eigenvalue weighted by molar-refractivity contribution is -0.118. The number of fused-ring (bicyclic) bond motifs is 1. The number of ether oxygens (including phenoxy) is 1. The molecule has 1 aromatic heterocycles. The fraction of sp³-hybridized carbons (Fsp3) is 0.182. The Balaban J connectivity index is 1.33. The number of benzene rings is 2. The first kappa shape index (κ1) is 17.1. The van der Waals surface area contributed by atoms with E-state index in [-0.39, 0.29) is 12.5 Å². The zero-order chi connectivity index (χ0) is 18.5. The first-order valence-electron chi connectivity index (χ1n) is 9.03. The van der Waals surface area contributed by atoms with Gasteiger partial charge in [-0.25, -0.2) is 4.98 Å². The van der Waals surface area contributed by atoms with Crippen molar-refractivity contribution >= 4 is 17.4 Å². The van der Waals surface area contributed by atoms with Crippen LogP contribution in [0.5, 0.6) is 5.75 Å². The monoisotopic (exact) mass is 359 g/mol. The molecule has 4 rings (SSSR count). The zero-order valence-corrected chi connectivity index (χ0v) is 15.0. The molecule has 0 unspecified atom stereocenters. The molecule has 0 bridgehead atoms. The first-order valence-corrected chi connectivity index (χ1v) is 9.03. The van der Waals surface area contributed by atoms with Gasteiger partial charge in [-0.2, -0.15) is 0 Å². The quantitative estimate of drug-likeness (QED) is 0.755. The molecular formula is C22H21N3O2. The Morgan fingerprint density at radius 2 is 1.78 bits per heavy atom. The van der Waals surface area contributed by atoms with Gasteiger partial charge < -0.3 is 15.0 Å². The van der Waals surface area contributed by atoms with E-state index in [1.165, 1.54) is 11.1 Å². The molecule has 0 saturated carbocycles. The van der Waals surface area contributed by atoms with Crippen LogP contribution in [-0.4, -0.2) is 24.0 Å². The molecule has 0 saturated heterocycles. The smallest absolute Gasteiger partial charge is 0.262 e. The summed E-state index contributed by atoms with van der Waals surface area (Å²) in [6.45, 7) is 1.77. The van der Waals surface area contributed by atoms with Crippen LogP contribution in [0.15, 0.2) is 72.9 Å². The van der Waals surface area contributed by atoms with E-state index in [2.05, 4.69) is 39.5 Å². The summed E-state index contributed by atoms with van der Waals surface area (Å²) >= 11 is 0. The van der Waals surface area contributed by atoms with Crippen molar-refractivity contribution in [2.75, 3.05) is 23.4 Å². The van der Waals surface area contributed by atoms with Gasteiger partial charge in [0.25, 0.3) is 5.91 Å². The standard InChI is InChI=1S/C22H21N3O2/c26-22(16-27-20-8-2-1-3-9-20)24-19-10-11-21(23-14-19)25-13-12-17-6-4-5-7-18(17)15-25/h1-11,14H,12-13,15-16H2,(H,24,26). The SMILES string of the molecule is O=C(COc1ccccc1)Nc1ccc(N2CCc3ccccc3C2)nc1. The van der Waals surface area contributed by atoms with E-state index in [1.54, 1.807) is 6.20 Å². The number of nitrogens with zero attached hydrogens (tertiary/aromatic N) is 2. The minimum Gasteiger partial charge on any atom is -0.484 e. The van der Waals surface area contributed by atoms with E-state index in [0.29, 0.717) is 11.4 Å². The molecular weight excluding hydrogens is 338 g/mol. The normalized spacial score (nSPS) is 13.0. The maximum absolute atomic E-state index is 12.0. The Bertz CT molecular complexity index is 910. The Morgan fingerprint density at radius 1 is 1.00 bits per heavy atom. The summed E-state index contributed by atoms with van der Waals surface area (Å²) in [4.78, 5) is 18.8. The van der Waals surface area contributed by atoms with Gasteiger partial charge in [0.1, 0.15) is 11.6 Å². The van der Waals surface area contributed by atoms with E-state index >= 15 is 0 Å². The molecule has 2 aromatic carbocycles. The minimum absolute atomic E-state index is 0.0331. The third kappa shape index (κ3) is 4.26. The lowest BCUT2D eigenvalue weighted by Gasteiger charge is -2.29. The molecule has 0 fully saturated rings. The van der Waals surface area contributed by atoms with Gasteiger partial charge in [-0.15, -0.1) is 0 Å². The molecule has 5 heteroatoms. The van der Waals surface area contributed by atoms with Crippen molar-refractivity contribution in [1.82, 2.24) is 4.98 Å². The topological polar surface area (TPSA) is 54.5 Å². The van der Waals surface area contributed by atoms with Crippen LogP contribution in [0.2, 0.25) is 0 Å². The van der Waals surface area contributed by atoms with Crippen LogP contribution >= 0.6 is 0 Å². The molecule has 0 radical (unpaired) electrons. The van der Waals surface area contributed by atoms with Crippen LogP contribution in [-0.2, 0) is 17.8 Å². The Kier molecular flexibility index (Phi) is 5.01. The maximum atomic E-state index is 12.0. The highest BCUT2D eigenvalue weighted by atomic mass is 16.5. The Morgan fingerprint density at radius 3 is 2.56 bits per heavy atom. The van der Waals surface area contributed by atoms with Crippen molar-refractivity contribution in [2.24, 2.45) is 0 Å². The molecule has 27 heavy (non-hydrogen) atoms. The summed E-state index contributed by atoms with van der Waals surface area (Å²) in [6, 6.07) is 21.6. The van der Waals surface area contributed by atoms with Gasteiger partial charge in [0.2, 0.25) is 0 Å². The van der Waals surface area contributed by atoms with Gasteiger partial charge in [-0.05, 0) is 41.8 Å². The number of carbonyl (C=O) groups is 1. The number of nitrogens with one attached hydrogen (secondary N) is 1. The predicted molar refractivity (Wildman–Crippen MR) is 106 cm³/mol. The highest BCUT2D eigenvalue weighted by molar-refractivity contribution is 5.91. The fourth-order valence-corrected chi connectivity index (χ4v) is 3.20. The van der Waals surface area contributed by atoms with Gasteiger partial charge >= 0.3 is 0 Å². The summed E-state index contributed by atoms with van der Waals surface area (Å²) < 4.78 is 5.45. The van der Waals surface area contributed by atoms with E-state index in [0.717, 1.165) is 25.3 Å². The average Bonchev–Trinajstić information content (AvgIpc) is 2.73. The third-order valence-electron chi connectivity index (χ3n) is 4.60. The summed E-state index contributed by atoms with van der Waals surface area (Å²) in [5.74, 6) is 1.38. The number of hydrogen-bond acceptors (Lipinski definition) is 4. The predicted octanol–water partition coefficient (Wildman–Crippen LogP) is 3.66. The van der Waals surface area contributed by atoms with Crippen molar-refractivity contribution in [2.45, 2.75) is 13.0 Å². The summed E-state index contributed by atoms with van der Waals surface area (Å²) in [5, 5.41) is 2.81. The number of anilines is 2. The fourth-order valence-electron chi connectivity index (χ4n) is 3.20. The van der Waals surface area contributed by atoms with Crippen molar-refractivity contribution in [3.05, 3.63) is 84.1 Å². The second kappa shape index (κ2) is 7.91. The molecule has 0 spiro atoms. The van der Waals surface area contributed by atoms with Gasteiger partial charge in [0, 0.05) is 13.1 Å². The van der Waals surface area contributed by atoms with Gasteiger partial charge in [-0.1, -0.05) is 42.5 Å². The van der Waals surface area contributed by atoms with E-state index < -0.39 is 0 Å². The molecule has 1 N–H and O–H groups in total. The molecule has 3 aromatic rings. The molecule has 1 aliphatic rings. The molecule has 0 atom stereocenters. The Hall–Kier alpha value is -3.34. The van der Waals surface area contributed by atoms with Crippen molar-refractivity contribution in [3.63, 3.8) is 0 Å². The van der Waals surface area contributed by atoms with Crippen LogP contribution in [0, 0.1) is 0 Å². The number of carbonyl (C=O) groups excluding carboxylic acids is 1. The molecule has 1 aliphatic heterocycles. The number of pyridine rings is 1. The lowest BCUT2D eigenvalue weighted by Crippen LogP contribution is -2.30. The Labute approximate surface area is 158 Å². The number of para-hydroxylation sites is 1. The highest BCUT2D eigenvalue weighted by Crippen LogP contribution is 2.23. The van der Waals surface area contributed by atoms with Gasteiger partial charge in [0.05, 0.1) is 11.9 Å². The first-order chi connectivity index (χ1) is 13.3. The summed E-state index contributed by atoms with van der Waals surface area (Å²) in [7, 11) is 0. The third-order valence-corrected chi connectivity index (χ3v) is 4.60. The number of hydrogen-bond donors (Lipinski definition) is 1. The molecule has 0 aliphatic carbocycles. The van der Waals surface area contributed by atoms with Crippen molar-refractivity contribution in [1.29, 1.82) is 0 Å². The number of rotatable bonds is 5. The average molecular weight is 359 g/mol. The van der Waals surface area contributed by atoms with E-state index in [4.69, 9.17) is 4.74 Å². The van der Waals surface area contributed by atoms with E-state index in [9.17, 15) is 4.79 Å². The molecule has 136 valence electrons. The summed E-state index contributed by atoms with van der Waals surface area (Å²) in [5.41, 5.74) is 3.43. The van der Waals surface area contributed by atoms with Crippen LogP contribution < -0.4 is 15.0 Å². The van der Waals surface area contributed by atoms with Crippen LogP contribution in [0.25, 0.3) is 0 Å². The van der Waals surface area contributed by atoms with Crippen LogP contribution in [0.4, 0.5) is 11.5 Å². The second-order valence-electron chi connectivity index (χ2n) is 6.50. The largest absolute Gasteiger partial charge is 0.484 e. The summed E-state index contributed by atoms with van der Waals surface area (Å²) in [6.07, 6.45) is 2.71. The van der Waals surface area contributed by atoms with Crippen LogP contribution in [0.1, 0.15) is 11.1 Å². The maximum Gasteiger partial charge on any atom is 0.262 e. The molecule has 5 nitrogen and oxygen atoms in total. The lowest BCUT2D eigenvalue weighted by atomic mass is 10.00. The molecule has 1 amide bonds. The van der Waals surface area contributed by atoms with Crippen molar-refractivity contribution < 1.29 is 9.53 Å². The van der Waals surface area contributed by atoms with E-state index in [1.807, 2.05) is 42.5 Å². The second-order valence-corrected chi connectivity index (χ2v) is 6.50. The van der Waals surface area contributed by atoms with Gasteiger partial charge in [0.15, 0.2) is 6.61 Å². The van der Waals surface area contributed by atoms with Gasteiger partial charge in [-0.3, -0.25) is 4.79 Å². The molecule has 2 heterocycles. The highest BCUT2D eigenvalue weighted by Gasteiger charge is 2.16. The van der Waals surface area contributed by atoms with Crippen molar-refractivity contribution in [3.8, 4) is 5.75 Å². The number of aromatic nitrogens is 1. The number of amides is 1. The van der Waals surface area contributed by atoms with Crippen LogP contribution in [0.3, 0.4) is 0 Å².